The highest BCUT2D eigenvalue weighted by molar-refractivity contribution is 7.08. The summed E-state index contributed by atoms with van der Waals surface area (Å²) in [4.78, 5) is 45.0. The van der Waals surface area contributed by atoms with E-state index in [1.807, 2.05) is 6.07 Å². The quantitative estimate of drug-likeness (QED) is 0.445. The number of rotatable bonds is 5. The van der Waals surface area contributed by atoms with Crippen LogP contribution in [0.3, 0.4) is 0 Å². The molecule has 0 radical (unpaired) electrons. The number of nitrogens with one attached hydrogen (secondary N) is 3. The number of H-pyrrole nitrogens is 1. The van der Waals surface area contributed by atoms with E-state index in [2.05, 4.69) is 25.6 Å². The van der Waals surface area contributed by atoms with Gasteiger partial charge in [-0.25, -0.2) is 14.6 Å². The first-order valence-electron chi connectivity index (χ1n) is 7.52. The van der Waals surface area contributed by atoms with E-state index in [9.17, 15) is 19.5 Å². The average Bonchev–Trinajstić information content (AvgIpc) is 3.11. The van der Waals surface area contributed by atoms with Gasteiger partial charge in [-0.05, 0) is 11.6 Å². The lowest BCUT2D eigenvalue weighted by Gasteiger charge is -2.09. The van der Waals surface area contributed by atoms with E-state index in [0.717, 1.165) is 5.56 Å². The highest BCUT2D eigenvalue weighted by Gasteiger charge is 2.19. The van der Waals surface area contributed by atoms with Crippen molar-refractivity contribution in [2.75, 3.05) is 5.32 Å². The van der Waals surface area contributed by atoms with Gasteiger partial charge in [-0.3, -0.25) is 9.78 Å². The van der Waals surface area contributed by atoms with E-state index in [4.69, 9.17) is 5.11 Å². The normalized spacial score (nSPS) is 10.4. The Balaban J connectivity index is 1.79. The smallest absolute Gasteiger partial charge is 0.358 e. The molecule has 0 aliphatic heterocycles. The van der Waals surface area contributed by atoms with Crippen molar-refractivity contribution >= 4 is 29.0 Å². The molecule has 10 nitrogen and oxygen atoms in total. The summed E-state index contributed by atoms with van der Waals surface area (Å²) in [5, 5.41) is 27.0. The number of carbonyl (C=O) groups excluding carboxylic acids is 1. The SMILES string of the molecule is O=C(NCc1cccnc1)Nc1cscc1-c1nc(C(=O)O)c(O)c(=O)[nH]1. The van der Waals surface area contributed by atoms with Crippen molar-refractivity contribution in [2.24, 2.45) is 0 Å². The Labute approximate surface area is 155 Å². The first-order chi connectivity index (χ1) is 13.0. The number of hydrogen-bond donors (Lipinski definition) is 5. The van der Waals surface area contributed by atoms with Gasteiger partial charge in [0.05, 0.1) is 11.3 Å². The molecule has 0 spiro atoms. The Bertz CT molecular complexity index is 1050. The molecule has 0 unspecified atom stereocenters. The van der Waals surface area contributed by atoms with Crippen molar-refractivity contribution in [1.29, 1.82) is 0 Å². The van der Waals surface area contributed by atoms with Crippen molar-refractivity contribution in [1.82, 2.24) is 20.3 Å². The molecular formula is C16H13N5O5S. The van der Waals surface area contributed by atoms with E-state index in [1.165, 1.54) is 11.3 Å². The number of thiophene rings is 1. The second kappa shape index (κ2) is 7.66. The zero-order chi connectivity index (χ0) is 19.4. The zero-order valence-electron chi connectivity index (χ0n) is 13.6. The maximum Gasteiger partial charge on any atom is 0.358 e. The number of aromatic amines is 1. The molecule has 3 aromatic heterocycles. The van der Waals surface area contributed by atoms with Crippen LogP contribution in [0.25, 0.3) is 11.4 Å². The van der Waals surface area contributed by atoms with Crippen LogP contribution in [-0.4, -0.2) is 37.2 Å². The summed E-state index contributed by atoms with van der Waals surface area (Å²) in [7, 11) is 0. The summed E-state index contributed by atoms with van der Waals surface area (Å²) >= 11 is 1.22. The molecule has 0 aliphatic carbocycles. The lowest BCUT2D eigenvalue weighted by Crippen LogP contribution is -2.28. The zero-order valence-corrected chi connectivity index (χ0v) is 14.4. The fraction of sp³-hybridized carbons (Fsp3) is 0.0625. The minimum Gasteiger partial charge on any atom is -0.501 e. The molecule has 0 saturated carbocycles. The Morgan fingerprint density at radius 3 is 2.81 bits per heavy atom. The van der Waals surface area contributed by atoms with Crippen molar-refractivity contribution < 1.29 is 19.8 Å². The molecule has 138 valence electrons. The lowest BCUT2D eigenvalue weighted by atomic mass is 10.2. The number of aromatic hydroxyl groups is 1. The number of aromatic carboxylic acids is 1. The largest absolute Gasteiger partial charge is 0.501 e. The number of aromatic nitrogens is 3. The summed E-state index contributed by atoms with van der Waals surface area (Å²) in [6, 6.07) is 3.05. The Morgan fingerprint density at radius 1 is 1.30 bits per heavy atom. The van der Waals surface area contributed by atoms with Crippen LogP contribution in [0, 0.1) is 0 Å². The van der Waals surface area contributed by atoms with Gasteiger partial charge in [0.1, 0.15) is 5.82 Å². The summed E-state index contributed by atoms with van der Waals surface area (Å²) in [6.07, 6.45) is 3.24. The van der Waals surface area contributed by atoms with Crippen LogP contribution in [-0.2, 0) is 6.54 Å². The molecule has 11 heteroatoms. The molecule has 3 rings (SSSR count). The highest BCUT2D eigenvalue weighted by Crippen LogP contribution is 2.29. The van der Waals surface area contributed by atoms with Gasteiger partial charge in [0, 0.05) is 29.7 Å². The molecule has 0 atom stereocenters. The van der Waals surface area contributed by atoms with Crippen molar-refractivity contribution in [3.63, 3.8) is 0 Å². The van der Waals surface area contributed by atoms with Gasteiger partial charge in [-0.15, -0.1) is 11.3 Å². The number of pyridine rings is 1. The minimum absolute atomic E-state index is 0.0843. The number of carboxylic acids is 1. The first kappa shape index (κ1) is 18.1. The number of hydrogen-bond acceptors (Lipinski definition) is 7. The molecule has 27 heavy (non-hydrogen) atoms. The van der Waals surface area contributed by atoms with E-state index in [0.29, 0.717) is 11.3 Å². The van der Waals surface area contributed by atoms with Gasteiger partial charge in [0.2, 0.25) is 5.75 Å². The molecular weight excluding hydrogens is 374 g/mol. The van der Waals surface area contributed by atoms with Crippen molar-refractivity contribution in [3.05, 3.63) is 56.9 Å². The second-order valence-corrected chi connectivity index (χ2v) is 6.03. The fourth-order valence-electron chi connectivity index (χ4n) is 2.17. The van der Waals surface area contributed by atoms with Crippen LogP contribution in [0.4, 0.5) is 10.5 Å². The maximum atomic E-state index is 12.1. The Hall–Kier alpha value is -3.73. The number of carbonyl (C=O) groups is 2. The van der Waals surface area contributed by atoms with Gasteiger partial charge >= 0.3 is 12.0 Å². The standard InChI is InChI=1S/C16H13N5O5S/c22-12-11(15(24)25)20-13(21-14(12)23)9-6-27-7-10(9)19-16(26)18-5-8-2-1-3-17-4-8/h1-4,6-7,22H,5H2,(H,24,25)(H2,18,19,26)(H,20,21,23). The van der Waals surface area contributed by atoms with E-state index in [-0.39, 0.29) is 12.4 Å². The summed E-state index contributed by atoms with van der Waals surface area (Å²) in [5.74, 6) is -2.61. The van der Waals surface area contributed by atoms with Crippen LogP contribution in [0.5, 0.6) is 5.75 Å². The van der Waals surface area contributed by atoms with E-state index in [1.54, 1.807) is 29.2 Å². The summed E-state index contributed by atoms with van der Waals surface area (Å²) < 4.78 is 0. The highest BCUT2D eigenvalue weighted by atomic mass is 32.1. The third kappa shape index (κ3) is 4.10. The average molecular weight is 387 g/mol. The Kier molecular flexibility index (Phi) is 5.13. The number of urea groups is 1. The van der Waals surface area contributed by atoms with Gasteiger partial charge in [0.15, 0.2) is 5.69 Å². The van der Waals surface area contributed by atoms with Crippen molar-refractivity contribution in [2.45, 2.75) is 6.54 Å². The van der Waals surface area contributed by atoms with Gasteiger partial charge < -0.3 is 25.8 Å². The molecule has 0 aliphatic rings. The lowest BCUT2D eigenvalue weighted by molar-refractivity contribution is 0.0686. The van der Waals surface area contributed by atoms with Gasteiger partial charge in [-0.2, -0.15) is 0 Å². The van der Waals surface area contributed by atoms with E-state index < -0.39 is 29.0 Å². The number of nitrogens with zero attached hydrogens (tertiary/aromatic N) is 2. The van der Waals surface area contributed by atoms with Crippen LogP contribution in [0.1, 0.15) is 16.1 Å². The minimum atomic E-state index is -1.54. The summed E-state index contributed by atoms with van der Waals surface area (Å²) in [5.41, 5.74) is -0.304. The number of anilines is 1. The number of amides is 2. The third-order valence-corrected chi connectivity index (χ3v) is 4.18. The predicted octanol–water partition coefficient (Wildman–Crippen LogP) is 1.62. The second-order valence-electron chi connectivity index (χ2n) is 5.28. The van der Waals surface area contributed by atoms with Crippen LogP contribution < -0.4 is 16.2 Å². The van der Waals surface area contributed by atoms with Crippen LogP contribution in [0.15, 0.2) is 40.1 Å². The predicted molar refractivity (Wildman–Crippen MR) is 96.9 cm³/mol. The molecule has 0 aromatic carbocycles. The topological polar surface area (TPSA) is 157 Å². The molecule has 0 saturated heterocycles. The molecule has 3 aromatic rings. The van der Waals surface area contributed by atoms with E-state index >= 15 is 0 Å². The van der Waals surface area contributed by atoms with Gasteiger partial charge in [-0.1, -0.05) is 6.07 Å². The monoisotopic (exact) mass is 387 g/mol. The van der Waals surface area contributed by atoms with Crippen LogP contribution >= 0.6 is 11.3 Å². The molecule has 2 amide bonds. The summed E-state index contributed by atoms with van der Waals surface area (Å²) in [6.45, 7) is 0.261. The third-order valence-electron chi connectivity index (χ3n) is 3.44. The molecule has 0 bridgehead atoms. The number of carboxylic acid groups (broad SMARTS) is 1. The molecule has 0 fully saturated rings. The Morgan fingerprint density at radius 2 is 2.11 bits per heavy atom. The molecule has 5 N–H and O–H groups in total. The molecule has 3 heterocycles. The van der Waals surface area contributed by atoms with Crippen molar-refractivity contribution in [3.8, 4) is 17.1 Å². The maximum absolute atomic E-state index is 12.1. The van der Waals surface area contributed by atoms with Crippen LogP contribution in [0.2, 0.25) is 0 Å². The first-order valence-corrected chi connectivity index (χ1v) is 8.47. The van der Waals surface area contributed by atoms with Gasteiger partial charge in [0.25, 0.3) is 5.56 Å². The fourth-order valence-corrected chi connectivity index (χ4v) is 2.94.